The molecule has 2 N–H and O–H groups in total. The lowest BCUT2D eigenvalue weighted by atomic mass is 10.1. The second kappa shape index (κ2) is 11.3. The van der Waals surface area contributed by atoms with Gasteiger partial charge in [-0.05, 0) is 73.0 Å². The number of aryl methyl sites for hydroxylation is 2. The number of sulfonamides is 1. The summed E-state index contributed by atoms with van der Waals surface area (Å²) in [5.74, 6) is 1.12. The van der Waals surface area contributed by atoms with E-state index in [0.29, 0.717) is 23.0 Å². The lowest BCUT2D eigenvalue weighted by molar-refractivity contribution is 0.0956. The molecule has 0 heterocycles. The van der Waals surface area contributed by atoms with Crippen molar-refractivity contribution in [3.63, 3.8) is 0 Å². The maximum Gasteiger partial charge on any atom is 0.263 e. The fraction of sp³-hybridized carbons (Fsp3) is 0.208. The first-order valence-corrected chi connectivity index (χ1v) is 13.5. The number of carbonyl (C=O) groups is 1. The Bertz CT molecular complexity index is 1260. The first-order valence-electron chi connectivity index (χ1n) is 10.2. The molecule has 33 heavy (non-hydrogen) atoms. The summed E-state index contributed by atoms with van der Waals surface area (Å²) in [5.41, 5.74) is 3.78. The smallest absolute Gasteiger partial charge is 0.263 e. The molecule has 0 spiro atoms. The van der Waals surface area contributed by atoms with Gasteiger partial charge in [-0.1, -0.05) is 41.4 Å². The van der Waals surface area contributed by atoms with E-state index in [4.69, 9.17) is 23.2 Å². The van der Waals surface area contributed by atoms with Gasteiger partial charge in [0, 0.05) is 34.3 Å². The topological polar surface area (TPSA) is 75.3 Å². The predicted octanol–water partition coefficient (Wildman–Crippen LogP) is 6.07. The summed E-state index contributed by atoms with van der Waals surface area (Å²) in [6.45, 7) is 4.29. The Hall–Kier alpha value is -2.19. The molecule has 0 aromatic heterocycles. The minimum Gasteiger partial charge on any atom is -0.351 e. The van der Waals surface area contributed by atoms with Gasteiger partial charge >= 0.3 is 0 Å². The zero-order valence-corrected chi connectivity index (χ0v) is 21.3. The van der Waals surface area contributed by atoms with Gasteiger partial charge in [0.2, 0.25) is 0 Å². The number of nitrogens with one attached hydrogen (secondary N) is 2. The Labute approximate surface area is 208 Å². The molecule has 5 nitrogen and oxygen atoms in total. The number of halogens is 2. The van der Waals surface area contributed by atoms with E-state index in [1.165, 1.54) is 18.2 Å². The van der Waals surface area contributed by atoms with E-state index in [2.05, 4.69) is 10.0 Å². The average Bonchev–Trinajstić information content (AvgIpc) is 2.76. The zero-order chi connectivity index (χ0) is 24.0. The SMILES string of the molecule is Cc1ccc(NS(=O)(=O)c2cc(C(=O)NCCSCc3cccc(Cl)c3)ccc2Cl)cc1C. The summed E-state index contributed by atoms with van der Waals surface area (Å²) in [4.78, 5) is 12.4. The summed E-state index contributed by atoms with van der Waals surface area (Å²) in [6.07, 6.45) is 0. The van der Waals surface area contributed by atoms with Crippen LogP contribution in [0.15, 0.2) is 65.6 Å². The number of hydrogen-bond donors (Lipinski definition) is 2. The first kappa shape index (κ1) is 25.4. The van der Waals surface area contributed by atoms with Crippen molar-refractivity contribution in [3.8, 4) is 0 Å². The van der Waals surface area contributed by atoms with E-state index < -0.39 is 10.0 Å². The summed E-state index contributed by atoms with van der Waals surface area (Å²) in [6, 6.07) is 17.1. The van der Waals surface area contributed by atoms with Gasteiger partial charge in [0.15, 0.2) is 0 Å². The second-order valence-corrected chi connectivity index (χ2v) is 11.1. The van der Waals surface area contributed by atoms with Crippen molar-refractivity contribution in [1.29, 1.82) is 0 Å². The third-order valence-corrected chi connectivity index (χ3v) is 8.06. The molecule has 0 fully saturated rings. The van der Waals surface area contributed by atoms with Crippen LogP contribution in [0.4, 0.5) is 5.69 Å². The Morgan fingerprint density at radius 1 is 0.970 bits per heavy atom. The Kier molecular flexibility index (Phi) is 8.70. The maximum absolute atomic E-state index is 12.9. The van der Waals surface area contributed by atoms with Crippen molar-refractivity contribution >= 4 is 56.6 Å². The molecule has 0 saturated heterocycles. The Morgan fingerprint density at radius 2 is 1.76 bits per heavy atom. The molecule has 0 unspecified atom stereocenters. The summed E-state index contributed by atoms with van der Waals surface area (Å²) in [5, 5.41) is 3.55. The van der Waals surface area contributed by atoms with E-state index in [0.717, 1.165) is 22.4 Å². The van der Waals surface area contributed by atoms with Crippen LogP contribution >= 0.6 is 35.0 Å². The normalized spacial score (nSPS) is 11.3. The van der Waals surface area contributed by atoms with Crippen molar-refractivity contribution in [3.05, 3.63) is 93.0 Å². The number of carbonyl (C=O) groups excluding carboxylic acids is 1. The number of hydrogen-bond acceptors (Lipinski definition) is 4. The highest BCUT2D eigenvalue weighted by Crippen LogP contribution is 2.26. The predicted molar refractivity (Wildman–Crippen MR) is 138 cm³/mol. The van der Waals surface area contributed by atoms with Crippen LogP contribution in [-0.2, 0) is 15.8 Å². The van der Waals surface area contributed by atoms with Gasteiger partial charge in [0.05, 0.1) is 5.02 Å². The Balaban J connectivity index is 1.61. The van der Waals surface area contributed by atoms with Crippen LogP contribution in [0.25, 0.3) is 0 Å². The van der Waals surface area contributed by atoms with E-state index >= 15 is 0 Å². The number of amides is 1. The molecule has 3 rings (SSSR count). The first-order chi connectivity index (χ1) is 15.7. The molecule has 0 radical (unpaired) electrons. The molecule has 0 bridgehead atoms. The van der Waals surface area contributed by atoms with Crippen LogP contribution < -0.4 is 10.0 Å². The third kappa shape index (κ3) is 7.14. The minimum absolute atomic E-state index is 0.0416. The van der Waals surface area contributed by atoms with E-state index in [9.17, 15) is 13.2 Å². The largest absolute Gasteiger partial charge is 0.351 e. The number of anilines is 1. The van der Waals surface area contributed by atoms with E-state index in [-0.39, 0.29) is 21.4 Å². The molecule has 3 aromatic rings. The highest BCUT2D eigenvalue weighted by molar-refractivity contribution is 7.98. The fourth-order valence-electron chi connectivity index (χ4n) is 3.02. The van der Waals surface area contributed by atoms with Gasteiger partial charge in [0.1, 0.15) is 4.90 Å². The number of rotatable bonds is 9. The summed E-state index contributed by atoms with van der Waals surface area (Å²) < 4.78 is 28.4. The van der Waals surface area contributed by atoms with Gasteiger partial charge in [-0.15, -0.1) is 0 Å². The summed E-state index contributed by atoms with van der Waals surface area (Å²) in [7, 11) is -3.97. The van der Waals surface area contributed by atoms with Crippen LogP contribution in [0.5, 0.6) is 0 Å². The zero-order valence-electron chi connectivity index (χ0n) is 18.2. The van der Waals surface area contributed by atoms with Crippen molar-refractivity contribution in [2.24, 2.45) is 0 Å². The lowest BCUT2D eigenvalue weighted by Gasteiger charge is -2.12. The van der Waals surface area contributed by atoms with Crippen LogP contribution in [-0.4, -0.2) is 26.6 Å². The van der Waals surface area contributed by atoms with Crippen LogP contribution in [0.1, 0.15) is 27.0 Å². The second-order valence-electron chi connectivity index (χ2n) is 7.49. The highest BCUT2D eigenvalue weighted by Gasteiger charge is 2.20. The van der Waals surface area contributed by atoms with Gasteiger partial charge < -0.3 is 5.32 Å². The third-order valence-electron chi connectivity index (χ3n) is 4.93. The quantitative estimate of drug-likeness (QED) is 0.334. The van der Waals surface area contributed by atoms with Gasteiger partial charge in [0.25, 0.3) is 15.9 Å². The van der Waals surface area contributed by atoms with Gasteiger partial charge in [-0.25, -0.2) is 8.42 Å². The standard InChI is InChI=1S/C24H24Cl2N2O3S2/c1-16-6-8-21(12-17(16)2)28-33(30,31)23-14-19(7-9-22(23)26)24(29)27-10-11-32-15-18-4-3-5-20(25)13-18/h3-9,12-14,28H,10-11,15H2,1-2H3,(H,27,29). The monoisotopic (exact) mass is 522 g/mol. The van der Waals surface area contributed by atoms with Crippen molar-refractivity contribution < 1.29 is 13.2 Å². The van der Waals surface area contributed by atoms with E-state index in [1.54, 1.807) is 23.9 Å². The van der Waals surface area contributed by atoms with Crippen LogP contribution in [0, 0.1) is 13.8 Å². The van der Waals surface area contributed by atoms with Crippen LogP contribution in [0.2, 0.25) is 10.0 Å². The molecular weight excluding hydrogens is 499 g/mol. The molecule has 0 aliphatic rings. The molecule has 174 valence electrons. The molecule has 0 aliphatic heterocycles. The van der Waals surface area contributed by atoms with Crippen molar-refractivity contribution in [2.75, 3.05) is 17.0 Å². The molecule has 0 aliphatic carbocycles. The number of thioether (sulfide) groups is 1. The van der Waals surface area contributed by atoms with Gasteiger partial charge in [-0.2, -0.15) is 11.8 Å². The molecular formula is C24H24Cl2N2O3S2. The molecule has 9 heteroatoms. The maximum atomic E-state index is 12.9. The summed E-state index contributed by atoms with van der Waals surface area (Å²) >= 11 is 13.8. The van der Waals surface area contributed by atoms with Crippen molar-refractivity contribution in [2.45, 2.75) is 24.5 Å². The van der Waals surface area contributed by atoms with Crippen molar-refractivity contribution in [1.82, 2.24) is 5.32 Å². The number of benzene rings is 3. The Morgan fingerprint density at radius 3 is 2.48 bits per heavy atom. The van der Waals surface area contributed by atoms with Gasteiger partial charge in [-0.3, -0.25) is 9.52 Å². The molecule has 0 saturated carbocycles. The molecule has 3 aromatic carbocycles. The highest BCUT2D eigenvalue weighted by atomic mass is 35.5. The minimum atomic E-state index is -3.97. The molecule has 0 atom stereocenters. The fourth-order valence-corrected chi connectivity index (χ4v) is 5.62. The lowest BCUT2D eigenvalue weighted by Crippen LogP contribution is -2.26. The average molecular weight is 524 g/mol. The molecule has 1 amide bonds. The van der Waals surface area contributed by atoms with Crippen LogP contribution in [0.3, 0.4) is 0 Å². The van der Waals surface area contributed by atoms with E-state index in [1.807, 2.05) is 44.2 Å².